The Balaban J connectivity index is 2.44. The van der Waals surface area contributed by atoms with E-state index in [1.165, 1.54) is 0 Å². The fourth-order valence-corrected chi connectivity index (χ4v) is 3.61. The molecule has 0 unspecified atom stereocenters. The summed E-state index contributed by atoms with van der Waals surface area (Å²) in [6.07, 6.45) is 1.74. The highest BCUT2D eigenvalue weighted by Crippen LogP contribution is 2.26. The van der Waals surface area contributed by atoms with Crippen LogP contribution in [-0.2, 0) is 21.2 Å². The molecular formula is C12H15NO3S. The molecule has 0 bridgehead atoms. The Morgan fingerprint density at radius 3 is 2.71 bits per heavy atom. The van der Waals surface area contributed by atoms with Crippen LogP contribution in [0.5, 0.6) is 0 Å². The Morgan fingerprint density at radius 1 is 1.29 bits per heavy atom. The lowest BCUT2D eigenvalue weighted by molar-refractivity contribution is -0.126. The molecule has 0 N–H and O–H groups in total. The minimum atomic E-state index is -3.62. The van der Waals surface area contributed by atoms with E-state index in [-0.39, 0.29) is 23.8 Å². The van der Waals surface area contributed by atoms with Crippen LogP contribution < -0.4 is 0 Å². The quantitative estimate of drug-likeness (QED) is 0.821. The second-order valence-corrected chi connectivity index (χ2v) is 5.94. The molecule has 1 aliphatic rings. The van der Waals surface area contributed by atoms with Crippen molar-refractivity contribution in [2.45, 2.75) is 31.1 Å². The molecule has 1 aliphatic heterocycles. The standard InChI is InChI=1S/C12H15NO3S/c1-2-3-8-13-12(14)9-10-6-4-5-7-11(10)17(13,15)16/h4-7H,2-3,8-9H2,1H3. The molecule has 0 saturated carbocycles. The first-order valence-electron chi connectivity index (χ1n) is 5.71. The van der Waals surface area contributed by atoms with Crippen LogP contribution in [-0.4, -0.2) is 25.2 Å². The molecule has 17 heavy (non-hydrogen) atoms. The predicted octanol–water partition coefficient (Wildman–Crippen LogP) is 1.56. The van der Waals surface area contributed by atoms with E-state index < -0.39 is 10.0 Å². The highest BCUT2D eigenvalue weighted by atomic mass is 32.2. The Labute approximate surface area is 101 Å². The van der Waals surface area contributed by atoms with Crippen molar-refractivity contribution in [1.82, 2.24) is 4.31 Å². The van der Waals surface area contributed by atoms with Gasteiger partial charge in [-0.3, -0.25) is 4.79 Å². The highest BCUT2D eigenvalue weighted by molar-refractivity contribution is 7.89. The van der Waals surface area contributed by atoms with Crippen molar-refractivity contribution in [2.24, 2.45) is 0 Å². The first-order valence-corrected chi connectivity index (χ1v) is 7.15. The molecule has 1 heterocycles. The molecule has 1 aromatic rings. The van der Waals surface area contributed by atoms with E-state index in [0.717, 1.165) is 10.7 Å². The maximum atomic E-state index is 12.2. The minimum absolute atomic E-state index is 0.180. The van der Waals surface area contributed by atoms with E-state index in [1.807, 2.05) is 6.92 Å². The Hall–Kier alpha value is -1.36. The topological polar surface area (TPSA) is 54.5 Å². The normalized spacial score (nSPS) is 17.9. The molecule has 1 aromatic carbocycles. The number of nitrogens with zero attached hydrogens (tertiary/aromatic N) is 1. The third-order valence-corrected chi connectivity index (χ3v) is 4.80. The summed E-state index contributed by atoms with van der Waals surface area (Å²) >= 11 is 0. The second kappa shape index (κ2) is 4.49. The van der Waals surface area contributed by atoms with Gasteiger partial charge in [-0.2, -0.15) is 0 Å². The summed E-state index contributed by atoms with van der Waals surface area (Å²) in [6, 6.07) is 6.70. The number of benzene rings is 1. The summed E-state index contributed by atoms with van der Waals surface area (Å²) in [7, 11) is -3.62. The van der Waals surface area contributed by atoms with E-state index in [0.29, 0.717) is 12.0 Å². The van der Waals surface area contributed by atoms with Gasteiger partial charge in [0.15, 0.2) is 0 Å². The van der Waals surface area contributed by atoms with Gasteiger partial charge >= 0.3 is 0 Å². The number of carbonyl (C=O) groups is 1. The molecule has 5 heteroatoms. The molecule has 0 fully saturated rings. The van der Waals surface area contributed by atoms with Gasteiger partial charge in [0.2, 0.25) is 5.91 Å². The van der Waals surface area contributed by atoms with Crippen LogP contribution in [0.4, 0.5) is 0 Å². The van der Waals surface area contributed by atoms with Gasteiger partial charge < -0.3 is 0 Å². The van der Waals surface area contributed by atoms with Crippen molar-refractivity contribution in [3.63, 3.8) is 0 Å². The second-order valence-electron chi connectivity index (χ2n) is 4.11. The average Bonchev–Trinajstić information content (AvgIpc) is 2.28. The van der Waals surface area contributed by atoms with Gasteiger partial charge in [-0.1, -0.05) is 31.5 Å². The van der Waals surface area contributed by atoms with Gasteiger partial charge in [0, 0.05) is 6.54 Å². The summed E-state index contributed by atoms with van der Waals surface area (Å²) < 4.78 is 25.5. The molecule has 2 rings (SSSR count). The van der Waals surface area contributed by atoms with Crippen LogP contribution in [0.25, 0.3) is 0 Å². The third kappa shape index (κ3) is 2.07. The fraction of sp³-hybridized carbons (Fsp3) is 0.417. The molecule has 0 atom stereocenters. The zero-order valence-corrected chi connectivity index (χ0v) is 10.5. The van der Waals surface area contributed by atoms with Gasteiger partial charge in [0.25, 0.3) is 10.0 Å². The number of sulfonamides is 1. The molecule has 0 spiro atoms. The van der Waals surface area contributed by atoms with E-state index in [1.54, 1.807) is 24.3 Å². The maximum absolute atomic E-state index is 12.2. The number of amides is 1. The smallest absolute Gasteiger partial charge is 0.266 e. The summed E-state index contributed by atoms with van der Waals surface area (Å²) in [5, 5.41) is 0. The first kappa shape index (κ1) is 12.1. The fourth-order valence-electron chi connectivity index (χ4n) is 1.95. The van der Waals surface area contributed by atoms with E-state index >= 15 is 0 Å². The zero-order chi connectivity index (χ0) is 12.5. The molecule has 0 aliphatic carbocycles. The van der Waals surface area contributed by atoms with Crippen LogP contribution in [0.2, 0.25) is 0 Å². The molecule has 0 saturated heterocycles. The van der Waals surface area contributed by atoms with E-state index in [4.69, 9.17) is 0 Å². The van der Waals surface area contributed by atoms with Crippen LogP contribution in [0.1, 0.15) is 25.3 Å². The maximum Gasteiger partial charge on any atom is 0.266 e. The molecule has 4 nitrogen and oxygen atoms in total. The summed E-state index contributed by atoms with van der Waals surface area (Å²) in [4.78, 5) is 12.1. The largest absolute Gasteiger partial charge is 0.273 e. The number of hydrogen-bond acceptors (Lipinski definition) is 3. The number of carbonyl (C=O) groups excluding carboxylic acids is 1. The third-order valence-electron chi connectivity index (χ3n) is 2.88. The number of hydrogen-bond donors (Lipinski definition) is 0. The van der Waals surface area contributed by atoms with Crippen molar-refractivity contribution >= 4 is 15.9 Å². The molecule has 0 radical (unpaired) electrons. The van der Waals surface area contributed by atoms with Crippen molar-refractivity contribution < 1.29 is 13.2 Å². The van der Waals surface area contributed by atoms with E-state index in [9.17, 15) is 13.2 Å². The Kier molecular flexibility index (Phi) is 3.19. The van der Waals surface area contributed by atoms with Gasteiger partial charge in [-0.25, -0.2) is 12.7 Å². The van der Waals surface area contributed by atoms with Gasteiger partial charge in [-0.15, -0.1) is 0 Å². The number of unbranched alkanes of at least 4 members (excludes halogenated alkanes) is 1. The molecule has 0 aromatic heterocycles. The van der Waals surface area contributed by atoms with Crippen LogP contribution in [0, 0.1) is 0 Å². The van der Waals surface area contributed by atoms with Crippen molar-refractivity contribution in [1.29, 1.82) is 0 Å². The monoisotopic (exact) mass is 253 g/mol. The predicted molar refractivity (Wildman–Crippen MR) is 64.0 cm³/mol. The summed E-state index contributed by atoms with van der Waals surface area (Å²) in [5.41, 5.74) is 0.602. The average molecular weight is 253 g/mol. The van der Waals surface area contributed by atoms with E-state index in [2.05, 4.69) is 0 Å². The van der Waals surface area contributed by atoms with Crippen LogP contribution in [0.3, 0.4) is 0 Å². The zero-order valence-electron chi connectivity index (χ0n) is 9.72. The SMILES string of the molecule is CCCCN1C(=O)Cc2ccccc2S1(=O)=O. The summed E-state index contributed by atoms with van der Waals surface area (Å²) in [5.74, 6) is -0.322. The molecule has 92 valence electrons. The van der Waals surface area contributed by atoms with Gasteiger partial charge in [0.1, 0.15) is 0 Å². The molecule has 1 amide bonds. The lowest BCUT2D eigenvalue weighted by atomic mass is 10.1. The number of rotatable bonds is 3. The summed E-state index contributed by atoms with van der Waals surface area (Å²) in [6.45, 7) is 2.25. The van der Waals surface area contributed by atoms with Crippen molar-refractivity contribution in [2.75, 3.05) is 6.54 Å². The Bertz CT molecular complexity index is 536. The highest BCUT2D eigenvalue weighted by Gasteiger charge is 2.35. The van der Waals surface area contributed by atoms with Gasteiger partial charge in [0.05, 0.1) is 11.3 Å². The minimum Gasteiger partial charge on any atom is -0.273 e. The van der Waals surface area contributed by atoms with Gasteiger partial charge in [-0.05, 0) is 18.1 Å². The van der Waals surface area contributed by atoms with Crippen LogP contribution >= 0.6 is 0 Å². The Morgan fingerprint density at radius 2 is 2.00 bits per heavy atom. The van der Waals surface area contributed by atoms with Crippen LogP contribution in [0.15, 0.2) is 29.2 Å². The first-order chi connectivity index (χ1) is 8.07. The van der Waals surface area contributed by atoms with Crippen molar-refractivity contribution in [3.05, 3.63) is 29.8 Å². The lowest BCUT2D eigenvalue weighted by Crippen LogP contribution is -2.42. The number of fused-ring (bicyclic) bond motifs is 1. The van der Waals surface area contributed by atoms with Crippen molar-refractivity contribution in [3.8, 4) is 0 Å². The molecular weight excluding hydrogens is 238 g/mol. The lowest BCUT2D eigenvalue weighted by Gasteiger charge is -2.28.